The van der Waals surface area contributed by atoms with Crippen molar-refractivity contribution in [3.8, 4) is 16.9 Å². The Labute approximate surface area is 331 Å². The summed E-state index contributed by atoms with van der Waals surface area (Å²) in [5, 5.41) is 12.7. The smallest absolute Gasteiger partial charge is 0.358 e. The van der Waals surface area contributed by atoms with Crippen LogP contribution in [0.3, 0.4) is 0 Å². The molecule has 5 aromatic rings. The number of aromatic nitrogens is 2. The number of ether oxygens (including phenoxy) is 2. The number of carboxylic acid groups (broad SMARTS) is 1. The number of pyridine rings is 1. The van der Waals surface area contributed by atoms with Crippen LogP contribution in [-0.2, 0) is 22.5 Å². The van der Waals surface area contributed by atoms with Crippen molar-refractivity contribution in [3.05, 3.63) is 101 Å². The van der Waals surface area contributed by atoms with E-state index in [1.54, 1.807) is 0 Å². The van der Waals surface area contributed by atoms with E-state index in [4.69, 9.17) is 19.6 Å². The van der Waals surface area contributed by atoms with E-state index in [1.165, 1.54) is 11.3 Å². The van der Waals surface area contributed by atoms with Crippen molar-refractivity contribution in [2.24, 2.45) is 5.92 Å². The minimum absolute atomic E-state index is 0.111. The fourth-order valence-electron chi connectivity index (χ4n) is 7.64. The summed E-state index contributed by atoms with van der Waals surface area (Å²) in [4.78, 5) is 52.3. The number of rotatable bonds is 12. The van der Waals surface area contributed by atoms with Gasteiger partial charge in [0.05, 0.1) is 23.4 Å². The van der Waals surface area contributed by atoms with Crippen LogP contribution in [0.1, 0.15) is 84.0 Å². The quantitative estimate of drug-likeness (QED) is 0.0940. The molecule has 2 aliphatic heterocycles. The number of benzene rings is 3. The van der Waals surface area contributed by atoms with Gasteiger partial charge in [0.15, 0.2) is 10.8 Å². The van der Waals surface area contributed by atoms with E-state index in [-0.39, 0.29) is 18.1 Å². The Morgan fingerprint density at radius 3 is 2.48 bits per heavy atom. The molecule has 1 saturated heterocycles. The number of likely N-dealkylation sites (tertiary alicyclic amines) is 1. The van der Waals surface area contributed by atoms with E-state index in [1.807, 2.05) is 99.3 Å². The highest BCUT2D eigenvalue weighted by atomic mass is 32.1. The molecule has 3 aromatic carbocycles. The Balaban J connectivity index is 1.08. The predicted octanol–water partition coefficient (Wildman–Crippen LogP) is 8.39. The number of anilines is 2. The first kappa shape index (κ1) is 38.9. The zero-order valence-electron chi connectivity index (χ0n) is 32.5. The van der Waals surface area contributed by atoms with Gasteiger partial charge in [-0.25, -0.2) is 14.8 Å². The Kier molecular flexibility index (Phi) is 11.7. The lowest BCUT2D eigenvalue weighted by Crippen LogP contribution is -2.37. The van der Waals surface area contributed by atoms with Gasteiger partial charge < -0.3 is 19.5 Å². The van der Waals surface area contributed by atoms with Gasteiger partial charge in [-0.15, -0.1) is 0 Å². The number of esters is 1. The number of hydrogen-bond acceptors (Lipinski definition) is 10. The van der Waals surface area contributed by atoms with Crippen LogP contribution < -0.4 is 15.0 Å². The normalized spacial score (nSPS) is 15.0. The van der Waals surface area contributed by atoms with Gasteiger partial charge in [-0.1, -0.05) is 47.7 Å². The van der Waals surface area contributed by atoms with E-state index >= 15 is 0 Å². The Morgan fingerprint density at radius 1 is 0.929 bits per heavy atom. The first-order valence-corrected chi connectivity index (χ1v) is 20.2. The van der Waals surface area contributed by atoms with Crippen molar-refractivity contribution >= 4 is 50.3 Å². The lowest BCUT2D eigenvalue weighted by atomic mass is 9.92. The standard InChI is InChI=1S/C44H49N5O6S/c1-28-31(12-8-15-36(28)54-25-9-10-29-19-22-48(23-20-29)27-39(50)51)32-17-18-38(46-40(32)42(53)55-44(2,3)4)49-24-21-30-11-7-13-33(34(30)26-49)41(52)47-43-45-35-14-5-6-16-37(35)56-43/h5-8,11-18,29H,9-10,19-27H2,1-4H3,(H,50,51)(H,45,47,52). The van der Waals surface area contributed by atoms with Crippen molar-refractivity contribution in [2.45, 2.75) is 71.9 Å². The van der Waals surface area contributed by atoms with Crippen molar-refractivity contribution in [1.82, 2.24) is 14.9 Å². The van der Waals surface area contributed by atoms with Crippen LogP contribution >= 0.6 is 11.3 Å². The van der Waals surface area contributed by atoms with E-state index in [0.29, 0.717) is 54.1 Å². The van der Waals surface area contributed by atoms with Crippen LogP contribution in [0.5, 0.6) is 5.75 Å². The molecule has 7 rings (SSSR count). The molecule has 2 aliphatic rings. The predicted molar refractivity (Wildman–Crippen MR) is 220 cm³/mol. The molecule has 2 N–H and O–H groups in total. The van der Waals surface area contributed by atoms with Gasteiger partial charge >= 0.3 is 11.9 Å². The second kappa shape index (κ2) is 16.8. The molecule has 1 amide bonds. The lowest BCUT2D eigenvalue weighted by molar-refractivity contribution is -0.138. The molecule has 0 bridgehead atoms. The summed E-state index contributed by atoms with van der Waals surface area (Å²) >= 11 is 1.45. The first-order valence-electron chi connectivity index (χ1n) is 19.4. The SMILES string of the molecule is Cc1c(OCCCC2CCN(CC(=O)O)CC2)cccc1-c1ccc(N2CCc3cccc(C(=O)Nc4nc5ccccc5s4)c3C2)nc1C(=O)OC(C)(C)C. The summed E-state index contributed by atoms with van der Waals surface area (Å²) in [5.41, 5.74) is 5.36. The summed E-state index contributed by atoms with van der Waals surface area (Å²) < 4.78 is 13.2. The number of hydrogen-bond donors (Lipinski definition) is 2. The minimum atomic E-state index is -0.772. The lowest BCUT2D eigenvalue weighted by Gasteiger charge is -2.31. The number of piperidine rings is 1. The Morgan fingerprint density at radius 2 is 1.71 bits per heavy atom. The molecular weight excluding hydrogens is 727 g/mol. The number of fused-ring (bicyclic) bond motifs is 2. The van der Waals surface area contributed by atoms with E-state index in [9.17, 15) is 14.4 Å². The molecular formula is C44H49N5O6S. The van der Waals surface area contributed by atoms with Crippen LogP contribution in [0.4, 0.5) is 10.9 Å². The Hall–Kier alpha value is -5.33. The van der Waals surface area contributed by atoms with Crippen molar-refractivity contribution in [1.29, 1.82) is 0 Å². The Bertz CT molecular complexity index is 2210. The largest absolute Gasteiger partial charge is 0.493 e. The topological polar surface area (TPSA) is 134 Å². The third-order valence-corrected chi connectivity index (χ3v) is 11.4. The molecule has 4 heterocycles. The number of carbonyl (C=O) groups is 3. The first-order chi connectivity index (χ1) is 26.9. The van der Waals surface area contributed by atoms with Crippen LogP contribution in [-0.4, -0.2) is 76.2 Å². The average Bonchev–Trinajstić information content (AvgIpc) is 3.58. The fourth-order valence-corrected chi connectivity index (χ4v) is 8.51. The van der Waals surface area contributed by atoms with Crippen molar-refractivity contribution in [3.63, 3.8) is 0 Å². The van der Waals surface area contributed by atoms with Gasteiger partial charge in [0, 0.05) is 24.2 Å². The van der Waals surface area contributed by atoms with E-state index < -0.39 is 17.5 Å². The second-order valence-corrected chi connectivity index (χ2v) is 16.7. The highest BCUT2D eigenvalue weighted by Crippen LogP contribution is 2.36. The molecule has 11 nitrogen and oxygen atoms in total. The molecule has 12 heteroatoms. The molecule has 0 saturated carbocycles. The third-order valence-electron chi connectivity index (χ3n) is 10.5. The van der Waals surface area contributed by atoms with Gasteiger partial charge in [0.1, 0.15) is 17.2 Å². The van der Waals surface area contributed by atoms with Crippen LogP contribution in [0.2, 0.25) is 0 Å². The molecule has 2 aromatic heterocycles. The maximum atomic E-state index is 13.9. The zero-order valence-corrected chi connectivity index (χ0v) is 33.3. The van der Waals surface area contributed by atoms with Crippen LogP contribution in [0.15, 0.2) is 72.8 Å². The number of aliphatic carboxylic acids is 1. The summed E-state index contributed by atoms with van der Waals surface area (Å²) in [6.45, 7) is 11.0. The number of nitrogens with zero attached hydrogens (tertiary/aromatic N) is 4. The van der Waals surface area contributed by atoms with E-state index in [2.05, 4.69) is 21.3 Å². The van der Waals surface area contributed by atoms with Crippen LogP contribution in [0, 0.1) is 12.8 Å². The highest BCUT2D eigenvalue weighted by Gasteiger charge is 2.28. The number of carbonyl (C=O) groups excluding carboxylic acids is 2. The molecule has 0 unspecified atom stereocenters. The van der Waals surface area contributed by atoms with Gasteiger partial charge in [0.2, 0.25) is 0 Å². The van der Waals surface area contributed by atoms with Crippen molar-refractivity contribution in [2.75, 3.05) is 43.0 Å². The summed E-state index contributed by atoms with van der Waals surface area (Å²) in [6, 6.07) is 23.4. The number of amides is 1. The molecule has 0 radical (unpaired) electrons. The van der Waals surface area contributed by atoms with Gasteiger partial charge in [-0.3, -0.25) is 19.8 Å². The molecule has 292 valence electrons. The van der Waals surface area contributed by atoms with E-state index in [0.717, 1.165) is 77.0 Å². The molecule has 56 heavy (non-hydrogen) atoms. The van der Waals surface area contributed by atoms with Gasteiger partial charge in [-0.2, -0.15) is 0 Å². The highest BCUT2D eigenvalue weighted by molar-refractivity contribution is 7.22. The zero-order chi connectivity index (χ0) is 39.4. The minimum Gasteiger partial charge on any atom is -0.493 e. The summed E-state index contributed by atoms with van der Waals surface area (Å²) in [5.74, 6) is 0.451. The third kappa shape index (κ3) is 9.20. The molecule has 0 atom stereocenters. The summed E-state index contributed by atoms with van der Waals surface area (Å²) in [6.07, 6.45) is 4.65. The van der Waals surface area contributed by atoms with Gasteiger partial charge in [0.25, 0.3) is 5.91 Å². The average molecular weight is 776 g/mol. The molecule has 0 aliphatic carbocycles. The van der Waals surface area contributed by atoms with Crippen molar-refractivity contribution < 1.29 is 29.0 Å². The monoisotopic (exact) mass is 775 g/mol. The maximum absolute atomic E-state index is 13.9. The number of nitrogens with one attached hydrogen (secondary N) is 1. The number of thiazole rings is 1. The molecule has 1 fully saturated rings. The van der Waals surface area contributed by atoms with Gasteiger partial charge in [-0.05, 0) is 137 Å². The number of para-hydroxylation sites is 1. The maximum Gasteiger partial charge on any atom is 0.358 e. The fraction of sp³-hybridized carbons (Fsp3) is 0.386. The second-order valence-electron chi connectivity index (χ2n) is 15.7. The number of carboxylic acids is 1. The molecule has 0 spiro atoms. The van der Waals surface area contributed by atoms with Crippen LogP contribution in [0.25, 0.3) is 21.3 Å². The summed E-state index contributed by atoms with van der Waals surface area (Å²) in [7, 11) is 0.